The Labute approximate surface area is 116 Å². The van der Waals surface area contributed by atoms with E-state index in [0.29, 0.717) is 0 Å². The summed E-state index contributed by atoms with van der Waals surface area (Å²) in [6, 6.07) is -1.40. The van der Waals surface area contributed by atoms with E-state index >= 15 is 0 Å². The number of carbonyl (C=O) groups is 2. The van der Waals surface area contributed by atoms with E-state index in [4.69, 9.17) is 9.84 Å². The molecule has 1 aliphatic carbocycles. The first-order valence-electron chi connectivity index (χ1n) is 6.46. The lowest BCUT2D eigenvalue weighted by Gasteiger charge is -2.40. The molecule has 0 aliphatic heterocycles. The molecule has 7 heteroatoms. The molecule has 0 heterocycles. The Morgan fingerprint density at radius 3 is 2.30 bits per heavy atom. The zero-order valence-corrected chi connectivity index (χ0v) is 12.1. The predicted octanol–water partition coefficient (Wildman–Crippen LogP) is 2.79. The lowest BCUT2D eigenvalue weighted by atomic mass is 9.72. The van der Waals surface area contributed by atoms with Crippen LogP contribution in [0.4, 0.5) is 13.6 Å². The summed E-state index contributed by atoms with van der Waals surface area (Å²) in [6.45, 7) is 6.19. The molecule has 1 amide bonds. The SMILES string of the molecule is CC(C)(C)OC(=O)NC1CCC(C)(C(=O)O)CC1(F)F. The number of carbonyl (C=O) groups excluding carboxylic acids is 1. The van der Waals surface area contributed by atoms with E-state index in [1.807, 2.05) is 0 Å². The molecular formula is C13H21F2NO4. The summed E-state index contributed by atoms with van der Waals surface area (Å²) in [5, 5.41) is 11.1. The summed E-state index contributed by atoms with van der Waals surface area (Å²) in [4.78, 5) is 22.6. The van der Waals surface area contributed by atoms with Gasteiger partial charge in [-0.2, -0.15) is 0 Å². The third kappa shape index (κ3) is 4.05. The maximum absolute atomic E-state index is 14.0. The minimum absolute atomic E-state index is 0.0817. The van der Waals surface area contributed by atoms with E-state index in [9.17, 15) is 18.4 Å². The van der Waals surface area contributed by atoms with Crippen LogP contribution in [0.15, 0.2) is 0 Å². The Bertz CT molecular complexity index is 406. The van der Waals surface area contributed by atoms with Gasteiger partial charge in [-0.05, 0) is 40.5 Å². The van der Waals surface area contributed by atoms with Gasteiger partial charge in [-0.15, -0.1) is 0 Å². The van der Waals surface area contributed by atoms with E-state index < -0.39 is 41.5 Å². The Balaban J connectivity index is 2.71. The van der Waals surface area contributed by atoms with Crippen LogP contribution in [0, 0.1) is 5.41 Å². The van der Waals surface area contributed by atoms with Crippen molar-refractivity contribution in [3.05, 3.63) is 0 Å². The molecule has 1 aliphatic rings. The molecule has 20 heavy (non-hydrogen) atoms. The summed E-state index contributed by atoms with van der Waals surface area (Å²) in [6.07, 6.45) is -1.73. The highest BCUT2D eigenvalue weighted by Crippen LogP contribution is 2.44. The molecule has 2 N–H and O–H groups in total. The summed E-state index contributed by atoms with van der Waals surface area (Å²) in [5.74, 6) is -4.52. The number of hydrogen-bond donors (Lipinski definition) is 2. The Morgan fingerprint density at radius 1 is 1.35 bits per heavy atom. The second-order valence-corrected chi connectivity index (χ2v) is 6.54. The fourth-order valence-corrected chi connectivity index (χ4v) is 2.22. The van der Waals surface area contributed by atoms with Gasteiger partial charge in [-0.3, -0.25) is 4.79 Å². The number of halogens is 2. The van der Waals surface area contributed by atoms with Crippen LogP contribution in [0.2, 0.25) is 0 Å². The lowest BCUT2D eigenvalue weighted by Crippen LogP contribution is -2.55. The monoisotopic (exact) mass is 293 g/mol. The van der Waals surface area contributed by atoms with Crippen LogP contribution in [-0.2, 0) is 9.53 Å². The lowest BCUT2D eigenvalue weighted by molar-refractivity contribution is -0.163. The van der Waals surface area contributed by atoms with Crippen molar-refractivity contribution in [1.82, 2.24) is 5.32 Å². The maximum Gasteiger partial charge on any atom is 0.408 e. The fraction of sp³-hybridized carbons (Fsp3) is 0.846. The molecule has 0 aromatic carbocycles. The molecule has 2 unspecified atom stereocenters. The molecule has 1 fully saturated rings. The number of carboxylic acids is 1. The molecule has 0 spiro atoms. The molecule has 0 radical (unpaired) electrons. The smallest absolute Gasteiger partial charge is 0.408 e. The third-order valence-electron chi connectivity index (χ3n) is 3.33. The van der Waals surface area contributed by atoms with Crippen LogP contribution in [0.1, 0.15) is 47.0 Å². The number of carboxylic acid groups (broad SMARTS) is 1. The molecule has 116 valence electrons. The largest absolute Gasteiger partial charge is 0.481 e. The maximum atomic E-state index is 14.0. The quantitative estimate of drug-likeness (QED) is 0.821. The van der Waals surface area contributed by atoms with E-state index in [-0.39, 0.29) is 12.8 Å². The first kappa shape index (κ1) is 16.7. The van der Waals surface area contributed by atoms with Gasteiger partial charge in [0, 0.05) is 6.42 Å². The number of alkyl halides is 2. The van der Waals surface area contributed by atoms with Crippen molar-refractivity contribution in [3.63, 3.8) is 0 Å². The number of ether oxygens (including phenoxy) is 1. The van der Waals surface area contributed by atoms with Gasteiger partial charge in [0.1, 0.15) is 5.60 Å². The van der Waals surface area contributed by atoms with Crippen LogP contribution < -0.4 is 5.32 Å². The van der Waals surface area contributed by atoms with E-state index in [1.165, 1.54) is 6.92 Å². The minimum atomic E-state index is -3.28. The Hall–Kier alpha value is -1.40. The first-order chi connectivity index (χ1) is 8.86. The van der Waals surface area contributed by atoms with Gasteiger partial charge in [0.25, 0.3) is 5.92 Å². The molecule has 1 saturated carbocycles. The summed E-state index contributed by atoms with van der Waals surface area (Å²) < 4.78 is 32.9. The number of alkyl carbamates (subject to hydrolysis) is 1. The van der Waals surface area contributed by atoms with Gasteiger partial charge >= 0.3 is 12.1 Å². The van der Waals surface area contributed by atoms with Crippen molar-refractivity contribution in [2.75, 3.05) is 0 Å². The average molecular weight is 293 g/mol. The first-order valence-corrected chi connectivity index (χ1v) is 6.46. The predicted molar refractivity (Wildman–Crippen MR) is 67.7 cm³/mol. The van der Waals surface area contributed by atoms with E-state index in [2.05, 4.69) is 5.32 Å². The highest BCUT2D eigenvalue weighted by Gasteiger charge is 2.53. The third-order valence-corrected chi connectivity index (χ3v) is 3.33. The summed E-state index contributed by atoms with van der Waals surface area (Å²) >= 11 is 0. The van der Waals surface area contributed by atoms with Crippen molar-refractivity contribution in [3.8, 4) is 0 Å². The van der Waals surface area contributed by atoms with Crippen LogP contribution >= 0.6 is 0 Å². The minimum Gasteiger partial charge on any atom is -0.481 e. The Morgan fingerprint density at radius 2 is 1.90 bits per heavy atom. The molecular weight excluding hydrogens is 272 g/mol. The number of nitrogens with one attached hydrogen (secondary N) is 1. The highest BCUT2D eigenvalue weighted by molar-refractivity contribution is 5.74. The second-order valence-electron chi connectivity index (χ2n) is 6.54. The second kappa shape index (κ2) is 5.18. The number of hydrogen-bond acceptors (Lipinski definition) is 3. The van der Waals surface area contributed by atoms with Crippen LogP contribution in [-0.4, -0.2) is 34.7 Å². The molecule has 0 bridgehead atoms. The van der Waals surface area contributed by atoms with Gasteiger partial charge in [-0.1, -0.05) is 0 Å². The zero-order valence-electron chi connectivity index (χ0n) is 12.1. The van der Waals surface area contributed by atoms with Gasteiger partial charge in [0.15, 0.2) is 0 Å². The van der Waals surface area contributed by atoms with Gasteiger partial charge in [-0.25, -0.2) is 13.6 Å². The van der Waals surface area contributed by atoms with Crippen molar-refractivity contribution in [2.45, 2.75) is 64.5 Å². The molecule has 1 rings (SSSR count). The van der Waals surface area contributed by atoms with Gasteiger partial charge < -0.3 is 15.2 Å². The van der Waals surface area contributed by atoms with Crippen molar-refractivity contribution in [1.29, 1.82) is 0 Å². The average Bonchev–Trinajstić information content (AvgIpc) is 2.18. The number of aliphatic carboxylic acids is 1. The van der Waals surface area contributed by atoms with Crippen molar-refractivity contribution in [2.24, 2.45) is 5.41 Å². The highest BCUT2D eigenvalue weighted by atomic mass is 19.3. The van der Waals surface area contributed by atoms with Crippen LogP contribution in [0.3, 0.4) is 0 Å². The number of rotatable bonds is 2. The van der Waals surface area contributed by atoms with Crippen molar-refractivity contribution < 1.29 is 28.2 Å². The molecule has 0 aromatic heterocycles. The fourth-order valence-electron chi connectivity index (χ4n) is 2.22. The number of amides is 1. The standard InChI is InChI=1S/C13H21F2NO4/c1-11(2,3)20-10(19)16-8-5-6-12(4,9(17)18)7-13(8,14)15/h8H,5-7H2,1-4H3,(H,16,19)(H,17,18). The zero-order chi connectivity index (χ0) is 15.8. The Kier molecular flexibility index (Phi) is 4.31. The van der Waals surface area contributed by atoms with Gasteiger partial charge in [0.05, 0.1) is 11.5 Å². The van der Waals surface area contributed by atoms with E-state index in [0.717, 1.165) is 0 Å². The molecule has 2 atom stereocenters. The van der Waals surface area contributed by atoms with E-state index in [1.54, 1.807) is 20.8 Å². The summed E-state index contributed by atoms with van der Waals surface area (Å²) in [7, 11) is 0. The topological polar surface area (TPSA) is 75.6 Å². The van der Waals surface area contributed by atoms with Gasteiger partial charge in [0.2, 0.25) is 0 Å². The summed E-state index contributed by atoms with van der Waals surface area (Å²) in [5.41, 5.74) is -2.24. The molecule has 0 saturated heterocycles. The molecule has 5 nitrogen and oxygen atoms in total. The normalized spacial score (nSPS) is 29.6. The molecule has 0 aromatic rings. The van der Waals surface area contributed by atoms with Crippen LogP contribution in [0.5, 0.6) is 0 Å². The van der Waals surface area contributed by atoms with Crippen molar-refractivity contribution >= 4 is 12.1 Å². The van der Waals surface area contributed by atoms with Crippen LogP contribution in [0.25, 0.3) is 0 Å².